The van der Waals surface area contributed by atoms with Crippen LogP contribution in [0.2, 0.25) is 0 Å². The standard InChI is InChI=1S/C13H17N3O5/c17-7-9-3-1-2-8(9)5-14-12(18)11-4-10(16(20)21)6-15-13(11)19/h4,6,8-9,17H,1-3,5,7H2,(H,14,18)(H,15,19). The molecule has 0 aromatic carbocycles. The molecule has 0 aliphatic heterocycles. The second-order valence-corrected chi connectivity index (χ2v) is 5.20. The molecule has 2 atom stereocenters. The third-order valence-corrected chi connectivity index (χ3v) is 3.92. The zero-order valence-electron chi connectivity index (χ0n) is 11.4. The van der Waals surface area contributed by atoms with Crippen LogP contribution >= 0.6 is 0 Å². The number of nitrogens with zero attached hydrogens (tertiary/aromatic N) is 1. The van der Waals surface area contributed by atoms with Crippen LogP contribution < -0.4 is 10.9 Å². The highest BCUT2D eigenvalue weighted by atomic mass is 16.6. The van der Waals surface area contributed by atoms with Crippen LogP contribution in [-0.4, -0.2) is 34.1 Å². The van der Waals surface area contributed by atoms with E-state index in [9.17, 15) is 24.8 Å². The van der Waals surface area contributed by atoms with E-state index in [0.717, 1.165) is 31.5 Å². The van der Waals surface area contributed by atoms with Crippen LogP contribution in [0.15, 0.2) is 17.1 Å². The molecule has 8 nitrogen and oxygen atoms in total. The Bertz CT molecular complexity index is 598. The first kappa shape index (κ1) is 15.2. The molecule has 21 heavy (non-hydrogen) atoms. The number of carbonyl (C=O) groups excluding carboxylic acids is 1. The van der Waals surface area contributed by atoms with Gasteiger partial charge in [-0.05, 0) is 24.7 Å². The van der Waals surface area contributed by atoms with Gasteiger partial charge in [-0.1, -0.05) is 6.42 Å². The number of nitrogens with one attached hydrogen (secondary N) is 2. The van der Waals surface area contributed by atoms with Gasteiger partial charge in [0.1, 0.15) is 5.56 Å². The average molecular weight is 295 g/mol. The van der Waals surface area contributed by atoms with Gasteiger partial charge in [-0.25, -0.2) is 0 Å². The van der Waals surface area contributed by atoms with E-state index in [2.05, 4.69) is 10.3 Å². The molecule has 1 saturated carbocycles. The number of nitro groups is 1. The van der Waals surface area contributed by atoms with Crippen molar-refractivity contribution in [3.8, 4) is 0 Å². The van der Waals surface area contributed by atoms with Crippen LogP contribution in [0.25, 0.3) is 0 Å². The predicted molar refractivity (Wildman–Crippen MR) is 74.0 cm³/mol. The van der Waals surface area contributed by atoms with E-state index in [4.69, 9.17) is 0 Å². The molecule has 1 fully saturated rings. The maximum atomic E-state index is 12.0. The van der Waals surface area contributed by atoms with E-state index in [-0.39, 0.29) is 29.7 Å². The SMILES string of the molecule is O=C(NCC1CCCC1CO)c1cc([N+](=O)[O-])c[nH]c1=O. The summed E-state index contributed by atoms with van der Waals surface area (Å²) in [6.45, 7) is 0.435. The largest absolute Gasteiger partial charge is 0.396 e. The average Bonchev–Trinajstić information content (AvgIpc) is 2.92. The molecular formula is C13H17N3O5. The second-order valence-electron chi connectivity index (χ2n) is 5.20. The molecule has 0 bridgehead atoms. The van der Waals surface area contributed by atoms with Crippen molar-refractivity contribution in [2.45, 2.75) is 19.3 Å². The Kier molecular flexibility index (Phi) is 4.69. The summed E-state index contributed by atoms with van der Waals surface area (Å²) < 4.78 is 0. The van der Waals surface area contributed by atoms with Crippen molar-refractivity contribution in [3.63, 3.8) is 0 Å². The molecule has 1 amide bonds. The molecule has 2 rings (SSSR count). The summed E-state index contributed by atoms with van der Waals surface area (Å²) in [6.07, 6.45) is 3.80. The van der Waals surface area contributed by atoms with Crippen molar-refractivity contribution in [3.05, 3.63) is 38.3 Å². The smallest absolute Gasteiger partial charge is 0.286 e. The molecule has 3 N–H and O–H groups in total. The number of pyridine rings is 1. The minimum atomic E-state index is -0.675. The highest BCUT2D eigenvalue weighted by Gasteiger charge is 2.27. The monoisotopic (exact) mass is 295 g/mol. The lowest BCUT2D eigenvalue weighted by atomic mass is 9.97. The van der Waals surface area contributed by atoms with Gasteiger partial charge in [0.25, 0.3) is 17.2 Å². The number of rotatable bonds is 5. The lowest BCUT2D eigenvalue weighted by Gasteiger charge is -2.17. The third kappa shape index (κ3) is 3.46. The number of hydrogen-bond acceptors (Lipinski definition) is 5. The fourth-order valence-electron chi connectivity index (χ4n) is 2.69. The number of aromatic nitrogens is 1. The van der Waals surface area contributed by atoms with Gasteiger partial charge in [-0.3, -0.25) is 19.7 Å². The van der Waals surface area contributed by atoms with Crippen LogP contribution in [0.5, 0.6) is 0 Å². The number of aliphatic hydroxyl groups excluding tert-OH is 1. The number of amides is 1. The van der Waals surface area contributed by atoms with Crippen molar-refractivity contribution in [2.24, 2.45) is 11.8 Å². The fourth-order valence-corrected chi connectivity index (χ4v) is 2.69. The summed E-state index contributed by atoms with van der Waals surface area (Å²) in [6, 6.07) is 0.965. The third-order valence-electron chi connectivity index (χ3n) is 3.92. The minimum Gasteiger partial charge on any atom is -0.396 e. The van der Waals surface area contributed by atoms with E-state index >= 15 is 0 Å². The molecule has 1 heterocycles. The van der Waals surface area contributed by atoms with Gasteiger partial charge in [0.05, 0.1) is 11.1 Å². The Morgan fingerprint density at radius 1 is 1.48 bits per heavy atom. The fraction of sp³-hybridized carbons (Fsp3) is 0.538. The summed E-state index contributed by atoms with van der Waals surface area (Å²) in [5.41, 5.74) is -1.28. The predicted octanol–water partition coefficient (Wildman–Crippen LogP) is 0.421. The second kappa shape index (κ2) is 6.49. The van der Waals surface area contributed by atoms with Crippen molar-refractivity contribution >= 4 is 11.6 Å². The van der Waals surface area contributed by atoms with Crippen molar-refractivity contribution in [2.75, 3.05) is 13.2 Å². The quantitative estimate of drug-likeness (QED) is 0.536. The van der Waals surface area contributed by atoms with Crippen molar-refractivity contribution in [1.82, 2.24) is 10.3 Å². The lowest BCUT2D eigenvalue weighted by molar-refractivity contribution is -0.385. The van der Waals surface area contributed by atoms with E-state index in [1.54, 1.807) is 0 Å². The molecule has 0 saturated heterocycles. The number of aliphatic hydroxyl groups is 1. The molecule has 0 radical (unpaired) electrons. The molecule has 1 aliphatic carbocycles. The van der Waals surface area contributed by atoms with E-state index in [1.165, 1.54) is 0 Å². The Morgan fingerprint density at radius 2 is 2.19 bits per heavy atom. The zero-order chi connectivity index (χ0) is 15.4. The molecule has 1 aromatic heterocycles. The number of hydrogen-bond donors (Lipinski definition) is 3. The van der Waals surface area contributed by atoms with Gasteiger partial charge in [0.2, 0.25) is 0 Å². The summed E-state index contributed by atoms with van der Waals surface area (Å²) in [7, 11) is 0. The maximum absolute atomic E-state index is 12.0. The van der Waals surface area contributed by atoms with Crippen LogP contribution in [0.4, 0.5) is 5.69 Å². The van der Waals surface area contributed by atoms with Crippen LogP contribution in [-0.2, 0) is 0 Å². The first-order valence-corrected chi connectivity index (χ1v) is 6.79. The Labute approximate surface area is 120 Å². The van der Waals surface area contributed by atoms with Crippen molar-refractivity contribution in [1.29, 1.82) is 0 Å². The van der Waals surface area contributed by atoms with E-state index < -0.39 is 16.4 Å². The van der Waals surface area contributed by atoms with Crippen LogP contribution in [0, 0.1) is 22.0 Å². The summed E-state index contributed by atoms with van der Waals surface area (Å²) >= 11 is 0. The zero-order valence-corrected chi connectivity index (χ0v) is 11.4. The molecule has 1 aromatic rings. The lowest BCUT2D eigenvalue weighted by Crippen LogP contribution is -2.34. The van der Waals surface area contributed by atoms with Gasteiger partial charge in [-0.2, -0.15) is 0 Å². The van der Waals surface area contributed by atoms with Gasteiger partial charge in [0, 0.05) is 19.2 Å². The number of H-pyrrole nitrogens is 1. The van der Waals surface area contributed by atoms with Gasteiger partial charge < -0.3 is 15.4 Å². The first-order chi connectivity index (χ1) is 10.0. The highest BCUT2D eigenvalue weighted by molar-refractivity contribution is 5.94. The molecule has 1 aliphatic rings. The molecule has 8 heteroatoms. The molecular weight excluding hydrogens is 278 g/mol. The van der Waals surface area contributed by atoms with Gasteiger partial charge in [0.15, 0.2) is 0 Å². The van der Waals surface area contributed by atoms with E-state index in [1.807, 2.05) is 0 Å². The Morgan fingerprint density at radius 3 is 2.86 bits per heavy atom. The van der Waals surface area contributed by atoms with E-state index in [0.29, 0.717) is 6.54 Å². The normalized spacial score (nSPS) is 21.2. The highest BCUT2D eigenvalue weighted by Crippen LogP contribution is 2.30. The number of carbonyl (C=O) groups is 1. The first-order valence-electron chi connectivity index (χ1n) is 6.79. The minimum absolute atomic E-state index is 0.0813. The Balaban J connectivity index is 2.05. The van der Waals surface area contributed by atoms with Crippen LogP contribution in [0.1, 0.15) is 29.6 Å². The molecule has 0 spiro atoms. The van der Waals surface area contributed by atoms with Gasteiger partial charge in [-0.15, -0.1) is 0 Å². The number of aromatic amines is 1. The maximum Gasteiger partial charge on any atom is 0.286 e. The summed E-state index contributed by atoms with van der Waals surface area (Å²) in [5.74, 6) is -0.297. The summed E-state index contributed by atoms with van der Waals surface area (Å²) in [5, 5.41) is 22.5. The van der Waals surface area contributed by atoms with Crippen molar-refractivity contribution < 1.29 is 14.8 Å². The van der Waals surface area contributed by atoms with Gasteiger partial charge >= 0.3 is 0 Å². The van der Waals surface area contributed by atoms with Crippen LogP contribution in [0.3, 0.4) is 0 Å². The molecule has 2 unspecified atom stereocenters. The molecule has 114 valence electrons. The summed E-state index contributed by atoms with van der Waals surface area (Å²) in [4.78, 5) is 35.7. The Hall–Kier alpha value is -2.22. The topological polar surface area (TPSA) is 125 Å².